The number of rotatable bonds is 5. The van der Waals surface area contributed by atoms with Crippen LogP contribution in [0, 0.1) is 6.92 Å². The molecule has 0 aliphatic heterocycles. The number of aromatic nitrogens is 2. The van der Waals surface area contributed by atoms with Gasteiger partial charge < -0.3 is 5.32 Å². The monoisotopic (exact) mass is 401 g/mol. The first-order valence-corrected chi connectivity index (χ1v) is 9.89. The van der Waals surface area contributed by atoms with E-state index in [0.717, 1.165) is 5.56 Å². The number of benzene rings is 2. The first kappa shape index (κ1) is 19.5. The highest BCUT2D eigenvalue weighted by Gasteiger charge is 2.19. The molecule has 1 aromatic heterocycles. The van der Waals surface area contributed by atoms with Crippen molar-refractivity contribution >= 4 is 45.9 Å². The molecule has 140 valence electrons. The quantitative estimate of drug-likeness (QED) is 0.505. The van der Waals surface area contributed by atoms with E-state index in [0.29, 0.717) is 33.3 Å². The number of carbonyl (C=O) groups excluding carboxylic acids is 1. The van der Waals surface area contributed by atoms with E-state index in [1.165, 1.54) is 11.8 Å². The summed E-state index contributed by atoms with van der Waals surface area (Å²) in [5, 5.41) is 4.14. The molecule has 5 nitrogen and oxygen atoms in total. The highest BCUT2D eigenvalue weighted by molar-refractivity contribution is 8.00. The van der Waals surface area contributed by atoms with Crippen molar-refractivity contribution in [2.45, 2.75) is 37.7 Å². The molecule has 0 saturated heterocycles. The molecule has 0 aliphatic carbocycles. The van der Waals surface area contributed by atoms with Crippen LogP contribution in [0.25, 0.3) is 10.9 Å². The van der Waals surface area contributed by atoms with Crippen molar-refractivity contribution < 1.29 is 4.79 Å². The summed E-state index contributed by atoms with van der Waals surface area (Å²) in [5.41, 5.74) is 2.15. The van der Waals surface area contributed by atoms with Crippen LogP contribution < -0.4 is 10.9 Å². The van der Waals surface area contributed by atoms with E-state index in [1.807, 2.05) is 32.0 Å². The summed E-state index contributed by atoms with van der Waals surface area (Å²) < 4.78 is 1.60. The Morgan fingerprint density at radius 2 is 2.04 bits per heavy atom. The highest BCUT2D eigenvalue weighted by atomic mass is 35.5. The van der Waals surface area contributed by atoms with Crippen LogP contribution in [-0.4, -0.2) is 20.7 Å². The van der Waals surface area contributed by atoms with E-state index >= 15 is 0 Å². The maximum atomic E-state index is 12.7. The second-order valence-electron chi connectivity index (χ2n) is 6.17. The molecule has 7 heteroatoms. The normalized spacial score (nSPS) is 12.1. The molecule has 27 heavy (non-hydrogen) atoms. The molecule has 0 aliphatic rings. The molecule has 0 fully saturated rings. The fourth-order valence-corrected chi connectivity index (χ4v) is 3.84. The molecule has 1 amide bonds. The van der Waals surface area contributed by atoms with Crippen LogP contribution >= 0.6 is 23.4 Å². The van der Waals surface area contributed by atoms with Gasteiger partial charge in [0.05, 0.1) is 16.2 Å². The van der Waals surface area contributed by atoms with Crippen LogP contribution in [0.15, 0.2) is 52.4 Å². The number of carbonyl (C=O) groups is 1. The Kier molecular flexibility index (Phi) is 5.87. The van der Waals surface area contributed by atoms with Crippen LogP contribution in [0.4, 0.5) is 5.69 Å². The van der Waals surface area contributed by atoms with E-state index in [4.69, 9.17) is 11.6 Å². The Labute approximate surface area is 166 Å². The number of amides is 1. The third-order valence-electron chi connectivity index (χ3n) is 4.25. The minimum atomic E-state index is -0.436. The third-order valence-corrected chi connectivity index (χ3v) is 5.58. The molecule has 0 spiro atoms. The van der Waals surface area contributed by atoms with Crippen molar-refractivity contribution in [1.82, 2.24) is 9.55 Å². The maximum Gasteiger partial charge on any atom is 0.262 e. The Bertz CT molecular complexity index is 1060. The second kappa shape index (κ2) is 8.15. The van der Waals surface area contributed by atoms with Crippen LogP contribution in [0.1, 0.15) is 19.4 Å². The zero-order valence-electron chi connectivity index (χ0n) is 15.3. The van der Waals surface area contributed by atoms with Crippen LogP contribution in [0.3, 0.4) is 0 Å². The lowest BCUT2D eigenvalue weighted by Gasteiger charge is -2.16. The molecule has 0 bridgehead atoms. The fourth-order valence-electron chi connectivity index (χ4n) is 2.69. The minimum Gasteiger partial charge on any atom is -0.325 e. The lowest BCUT2D eigenvalue weighted by atomic mass is 10.2. The van der Waals surface area contributed by atoms with Gasteiger partial charge in [-0.05, 0) is 50.6 Å². The van der Waals surface area contributed by atoms with Crippen molar-refractivity contribution in [2.75, 3.05) is 5.32 Å². The van der Waals surface area contributed by atoms with Crippen molar-refractivity contribution in [3.63, 3.8) is 0 Å². The molecule has 3 rings (SSSR count). The summed E-state index contributed by atoms with van der Waals surface area (Å²) in [6.07, 6.45) is 0. The highest BCUT2D eigenvalue weighted by Crippen LogP contribution is 2.25. The molecule has 0 saturated carbocycles. The summed E-state index contributed by atoms with van der Waals surface area (Å²) >= 11 is 7.29. The number of para-hydroxylation sites is 1. The number of halogens is 1. The Balaban J connectivity index is 1.87. The number of thioether (sulfide) groups is 1. The van der Waals surface area contributed by atoms with E-state index in [1.54, 1.807) is 35.8 Å². The number of aryl methyl sites for hydroxylation is 1. The SMILES string of the molecule is CCn1c(S[C@@H](C)C(=O)Nc2cc(Cl)ccc2C)nc2ccccc2c1=O. The number of nitrogens with zero attached hydrogens (tertiary/aromatic N) is 2. The van der Waals surface area contributed by atoms with E-state index in [-0.39, 0.29) is 11.5 Å². The summed E-state index contributed by atoms with van der Waals surface area (Å²) in [5.74, 6) is -0.171. The summed E-state index contributed by atoms with van der Waals surface area (Å²) in [6.45, 7) is 6.08. The molecule has 0 radical (unpaired) electrons. The van der Waals surface area contributed by atoms with Crippen molar-refractivity contribution in [3.8, 4) is 0 Å². The smallest absolute Gasteiger partial charge is 0.262 e. The zero-order chi connectivity index (χ0) is 19.6. The van der Waals surface area contributed by atoms with E-state index < -0.39 is 5.25 Å². The summed E-state index contributed by atoms with van der Waals surface area (Å²) in [7, 11) is 0. The van der Waals surface area contributed by atoms with Crippen LogP contribution in [0.5, 0.6) is 0 Å². The summed E-state index contributed by atoms with van der Waals surface area (Å²) in [4.78, 5) is 29.9. The standard InChI is InChI=1S/C20H20ClN3O2S/c1-4-24-19(26)15-7-5-6-8-16(15)23-20(24)27-13(3)18(25)22-17-11-14(21)10-9-12(17)2/h5-11,13H,4H2,1-3H3,(H,22,25)/t13-/m0/s1. The average molecular weight is 402 g/mol. The third kappa shape index (κ3) is 4.17. The van der Waals surface area contributed by atoms with Gasteiger partial charge >= 0.3 is 0 Å². The van der Waals surface area contributed by atoms with Gasteiger partial charge in [-0.1, -0.05) is 41.6 Å². The van der Waals surface area contributed by atoms with Crippen molar-refractivity contribution in [2.24, 2.45) is 0 Å². The van der Waals surface area contributed by atoms with Gasteiger partial charge in [0.2, 0.25) is 5.91 Å². The van der Waals surface area contributed by atoms with Gasteiger partial charge in [0.25, 0.3) is 5.56 Å². The number of anilines is 1. The molecule has 2 aromatic carbocycles. The molecule has 1 N–H and O–H groups in total. The Morgan fingerprint density at radius 1 is 1.30 bits per heavy atom. The molecule has 3 aromatic rings. The van der Waals surface area contributed by atoms with Gasteiger partial charge in [-0.15, -0.1) is 0 Å². The molecular weight excluding hydrogens is 382 g/mol. The molecule has 0 unspecified atom stereocenters. The number of hydrogen-bond acceptors (Lipinski definition) is 4. The van der Waals surface area contributed by atoms with Gasteiger partial charge in [-0.3, -0.25) is 14.2 Å². The molecule has 1 heterocycles. The van der Waals surface area contributed by atoms with Crippen molar-refractivity contribution in [3.05, 3.63) is 63.4 Å². The van der Waals surface area contributed by atoms with Crippen molar-refractivity contribution in [1.29, 1.82) is 0 Å². The minimum absolute atomic E-state index is 0.0936. The second-order valence-corrected chi connectivity index (χ2v) is 7.91. The lowest BCUT2D eigenvalue weighted by molar-refractivity contribution is -0.115. The average Bonchev–Trinajstić information content (AvgIpc) is 2.65. The Hall–Kier alpha value is -2.31. The van der Waals surface area contributed by atoms with Gasteiger partial charge in [-0.25, -0.2) is 4.98 Å². The van der Waals surface area contributed by atoms with E-state index in [9.17, 15) is 9.59 Å². The summed E-state index contributed by atoms with van der Waals surface area (Å²) in [6, 6.07) is 12.6. The van der Waals surface area contributed by atoms with E-state index in [2.05, 4.69) is 10.3 Å². The molecular formula is C20H20ClN3O2S. The van der Waals surface area contributed by atoms with Crippen LogP contribution in [0.2, 0.25) is 5.02 Å². The first-order chi connectivity index (χ1) is 12.9. The maximum absolute atomic E-state index is 12.7. The number of fused-ring (bicyclic) bond motifs is 1. The predicted molar refractivity (Wildman–Crippen MR) is 112 cm³/mol. The first-order valence-electron chi connectivity index (χ1n) is 8.64. The molecule has 1 atom stereocenters. The zero-order valence-corrected chi connectivity index (χ0v) is 16.9. The predicted octanol–water partition coefficient (Wildman–Crippen LogP) is 4.50. The van der Waals surface area contributed by atoms with Gasteiger partial charge in [-0.2, -0.15) is 0 Å². The van der Waals surface area contributed by atoms with Crippen LogP contribution in [-0.2, 0) is 11.3 Å². The van der Waals surface area contributed by atoms with Gasteiger partial charge in [0, 0.05) is 17.3 Å². The fraction of sp³-hybridized carbons (Fsp3) is 0.250. The van der Waals surface area contributed by atoms with Gasteiger partial charge in [0.15, 0.2) is 5.16 Å². The van der Waals surface area contributed by atoms with Gasteiger partial charge in [0.1, 0.15) is 0 Å². The number of nitrogens with one attached hydrogen (secondary N) is 1. The largest absolute Gasteiger partial charge is 0.325 e. The number of hydrogen-bond donors (Lipinski definition) is 1. The topological polar surface area (TPSA) is 64.0 Å². The lowest BCUT2D eigenvalue weighted by Crippen LogP contribution is -2.26. The Morgan fingerprint density at radius 3 is 2.78 bits per heavy atom.